The Hall–Kier alpha value is -2.33. The molecular formula is C17H20N2O2. The Kier molecular flexibility index (Phi) is 5.35. The van der Waals surface area contributed by atoms with Gasteiger partial charge in [-0.2, -0.15) is 0 Å². The van der Waals surface area contributed by atoms with Crippen LogP contribution in [0.1, 0.15) is 11.1 Å². The lowest BCUT2D eigenvalue weighted by Crippen LogP contribution is -2.40. The van der Waals surface area contributed by atoms with E-state index in [-0.39, 0.29) is 25.0 Å². The van der Waals surface area contributed by atoms with Crippen molar-refractivity contribution in [1.82, 2.24) is 5.32 Å². The van der Waals surface area contributed by atoms with Gasteiger partial charge in [-0.05, 0) is 23.6 Å². The number of hydrogen-bond donors (Lipinski definition) is 3. The summed E-state index contributed by atoms with van der Waals surface area (Å²) in [4.78, 5) is 12.0. The quantitative estimate of drug-likeness (QED) is 0.704. The molecule has 0 aliphatic rings. The minimum absolute atomic E-state index is 0.0924. The molecule has 21 heavy (non-hydrogen) atoms. The Morgan fingerprint density at radius 2 is 1.76 bits per heavy atom. The van der Waals surface area contributed by atoms with Crippen molar-refractivity contribution in [2.45, 2.75) is 18.9 Å². The molecule has 0 fully saturated rings. The second-order valence-electron chi connectivity index (χ2n) is 5.01. The summed E-state index contributed by atoms with van der Waals surface area (Å²) >= 11 is 0. The Morgan fingerprint density at radius 1 is 1.10 bits per heavy atom. The molecule has 2 rings (SSSR count). The molecule has 0 unspecified atom stereocenters. The predicted octanol–water partition coefficient (Wildman–Crippen LogP) is 1.53. The Morgan fingerprint density at radius 3 is 2.43 bits per heavy atom. The van der Waals surface area contributed by atoms with Gasteiger partial charge in [-0.3, -0.25) is 4.79 Å². The Balaban J connectivity index is 1.92. The molecule has 2 aromatic carbocycles. The number of nitrogens with two attached hydrogens (primary N) is 1. The van der Waals surface area contributed by atoms with Crippen LogP contribution in [0.5, 0.6) is 0 Å². The third kappa shape index (κ3) is 4.61. The number of para-hydroxylation sites is 1. The van der Waals surface area contributed by atoms with E-state index in [0.717, 1.165) is 11.1 Å². The molecule has 2 aromatic rings. The first-order valence-electron chi connectivity index (χ1n) is 6.96. The monoisotopic (exact) mass is 284 g/mol. The maximum Gasteiger partial charge on any atom is 0.224 e. The maximum atomic E-state index is 12.0. The third-order valence-corrected chi connectivity index (χ3v) is 3.32. The molecule has 0 aromatic heterocycles. The second-order valence-corrected chi connectivity index (χ2v) is 5.01. The minimum Gasteiger partial charge on any atom is -0.398 e. The summed E-state index contributed by atoms with van der Waals surface area (Å²) in [5.74, 6) is -0.136. The lowest BCUT2D eigenvalue weighted by atomic mass is 10.1. The standard InChI is InChI=1S/C17H20N2O2/c18-16-9-5-4-8-14(16)11-17(21)19-15(12-20)10-13-6-2-1-3-7-13/h1-9,15,20H,10-12,18H2,(H,19,21)/t15-/m0/s1. The highest BCUT2D eigenvalue weighted by Crippen LogP contribution is 2.11. The van der Waals surface area contributed by atoms with Crippen molar-refractivity contribution in [3.05, 3.63) is 65.7 Å². The summed E-state index contributed by atoms with van der Waals surface area (Å²) in [7, 11) is 0. The van der Waals surface area contributed by atoms with Crippen molar-refractivity contribution in [1.29, 1.82) is 0 Å². The Labute approximate surface area is 124 Å². The predicted molar refractivity (Wildman–Crippen MR) is 83.7 cm³/mol. The molecule has 4 heteroatoms. The van der Waals surface area contributed by atoms with Gasteiger partial charge in [0.1, 0.15) is 0 Å². The molecule has 1 atom stereocenters. The lowest BCUT2D eigenvalue weighted by Gasteiger charge is -2.16. The van der Waals surface area contributed by atoms with Gasteiger partial charge in [0.25, 0.3) is 0 Å². The molecule has 0 heterocycles. The number of aliphatic hydroxyl groups excluding tert-OH is 1. The minimum atomic E-state index is -0.287. The van der Waals surface area contributed by atoms with Crippen LogP contribution in [0.15, 0.2) is 54.6 Å². The smallest absolute Gasteiger partial charge is 0.224 e. The topological polar surface area (TPSA) is 75.4 Å². The average Bonchev–Trinajstić information content (AvgIpc) is 2.50. The molecule has 1 amide bonds. The van der Waals surface area contributed by atoms with Crippen molar-refractivity contribution in [2.75, 3.05) is 12.3 Å². The maximum absolute atomic E-state index is 12.0. The van der Waals surface area contributed by atoms with Crippen LogP contribution in [0.3, 0.4) is 0 Å². The molecule has 0 aliphatic carbocycles. The molecular weight excluding hydrogens is 264 g/mol. The molecule has 0 saturated heterocycles. The van der Waals surface area contributed by atoms with Crippen LogP contribution in [0.4, 0.5) is 5.69 Å². The van der Waals surface area contributed by atoms with Gasteiger partial charge in [0.15, 0.2) is 0 Å². The summed E-state index contributed by atoms with van der Waals surface area (Å²) in [6.45, 7) is -0.0924. The number of benzene rings is 2. The van der Waals surface area contributed by atoms with E-state index < -0.39 is 0 Å². The van der Waals surface area contributed by atoms with Crippen LogP contribution in [0.25, 0.3) is 0 Å². The van der Waals surface area contributed by atoms with Crippen LogP contribution in [0, 0.1) is 0 Å². The highest BCUT2D eigenvalue weighted by atomic mass is 16.3. The molecule has 0 bridgehead atoms. The van der Waals surface area contributed by atoms with E-state index in [1.54, 1.807) is 6.07 Å². The van der Waals surface area contributed by atoms with Gasteiger partial charge in [-0.1, -0.05) is 48.5 Å². The summed E-state index contributed by atoms with van der Waals surface area (Å²) in [6, 6.07) is 16.8. The molecule has 0 spiro atoms. The highest BCUT2D eigenvalue weighted by molar-refractivity contribution is 5.80. The van der Waals surface area contributed by atoms with E-state index in [0.29, 0.717) is 12.1 Å². The van der Waals surface area contributed by atoms with Gasteiger partial charge in [0.05, 0.1) is 19.1 Å². The molecule has 4 nitrogen and oxygen atoms in total. The van der Waals surface area contributed by atoms with E-state index in [9.17, 15) is 9.90 Å². The molecule has 0 radical (unpaired) electrons. The zero-order chi connectivity index (χ0) is 15.1. The van der Waals surface area contributed by atoms with E-state index >= 15 is 0 Å². The van der Waals surface area contributed by atoms with E-state index in [2.05, 4.69) is 5.32 Å². The number of carbonyl (C=O) groups excluding carboxylic acids is 1. The van der Waals surface area contributed by atoms with Crippen molar-refractivity contribution in [2.24, 2.45) is 0 Å². The van der Waals surface area contributed by atoms with E-state index in [1.165, 1.54) is 0 Å². The van der Waals surface area contributed by atoms with Crippen LogP contribution in [-0.4, -0.2) is 23.7 Å². The van der Waals surface area contributed by atoms with E-state index in [4.69, 9.17) is 5.73 Å². The van der Waals surface area contributed by atoms with Gasteiger partial charge in [0, 0.05) is 5.69 Å². The van der Waals surface area contributed by atoms with Crippen LogP contribution < -0.4 is 11.1 Å². The van der Waals surface area contributed by atoms with Gasteiger partial charge < -0.3 is 16.2 Å². The molecule has 110 valence electrons. The number of rotatable bonds is 6. The average molecular weight is 284 g/mol. The van der Waals surface area contributed by atoms with Crippen molar-refractivity contribution in [3.63, 3.8) is 0 Å². The first-order valence-corrected chi connectivity index (χ1v) is 6.96. The van der Waals surface area contributed by atoms with Crippen molar-refractivity contribution < 1.29 is 9.90 Å². The van der Waals surface area contributed by atoms with Gasteiger partial charge in [0.2, 0.25) is 5.91 Å². The van der Waals surface area contributed by atoms with Crippen LogP contribution in [0.2, 0.25) is 0 Å². The Bertz CT molecular complexity index is 584. The molecule has 0 saturated carbocycles. The number of aliphatic hydroxyl groups is 1. The van der Waals surface area contributed by atoms with Gasteiger partial charge in [-0.25, -0.2) is 0 Å². The fourth-order valence-electron chi connectivity index (χ4n) is 2.21. The summed E-state index contributed by atoms with van der Waals surface area (Å²) in [5, 5.41) is 12.3. The summed E-state index contributed by atoms with van der Waals surface area (Å²) in [6.07, 6.45) is 0.825. The van der Waals surface area contributed by atoms with E-state index in [1.807, 2.05) is 48.5 Å². The summed E-state index contributed by atoms with van der Waals surface area (Å²) in [5.41, 5.74) is 8.31. The fourth-order valence-corrected chi connectivity index (χ4v) is 2.21. The van der Waals surface area contributed by atoms with Crippen LogP contribution >= 0.6 is 0 Å². The first-order chi connectivity index (χ1) is 10.2. The number of nitrogen functional groups attached to an aromatic ring is 1. The molecule has 4 N–H and O–H groups in total. The second kappa shape index (κ2) is 7.45. The fraction of sp³-hybridized carbons (Fsp3) is 0.235. The van der Waals surface area contributed by atoms with Crippen molar-refractivity contribution in [3.8, 4) is 0 Å². The summed E-state index contributed by atoms with van der Waals surface area (Å²) < 4.78 is 0. The van der Waals surface area contributed by atoms with Crippen molar-refractivity contribution >= 4 is 11.6 Å². The largest absolute Gasteiger partial charge is 0.398 e. The number of hydrogen-bond acceptors (Lipinski definition) is 3. The highest BCUT2D eigenvalue weighted by Gasteiger charge is 2.13. The number of amides is 1. The number of nitrogens with one attached hydrogen (secondary N) is 1. The van der Waals surface area contributed by atoms with Crippen LogP contribution in [-0.2, 0) is 17.6 Å². The zero-order valence-corrected chi connectivity index (χ0v) is 11.8. The number of carbonyl (C=O) groups is 1. The SMILES string of the molecule is Nc1ccccc1CC(=O)N[C@H](CO)Cc1ccccc1. The third-order valence-electron chi connectivity index (χ3n) is 3.32. The zero-order valence-electron chi connectivity index (χ0n) is 11.8. The number of anilines is 1. The normalized spacial score (nSPS) is 11.9. The van der Waals surface area contributed by atoms with Gasteiger partial charge in [-0.15, -0.1) is 0 Å². The molecule has 0 aliphatic heterocycles. The van der Waals surface area contributed by atoms with Gasteiger partial charge >= 0.3 is 0 Å². The lowest BCUT2D eigenvalue weighted by molar-refractivity contribution is -0.121. The first kappa shape index (κ1) is 15.1.